The summed E-state index contributed by atoms with van der Waals surface area (Å²) in [5, 5.41) is 21.0. The van der Waals surface area contributed by atoms with Crippen LogP contribution in [0.3, 0.4) is 0 Å². The van der Waals surface area contributed by atoms with Crippen LogP contribution < -0.4 is 0 Å². The molecule has 0 rings (SSSR count). The molecule has 0 aromatic rings. The molecule has 0 bridgehead atoms. The van der Waals surface area contributed by atoms with E-state index in [0.717, 1.165) is 21.3 Å². The number of halogens is 3. The number of rotatable bonds is 0. The van der Waals surface area contributed by atoms with E-state index in [1.54, 1.807) is 0 Å². The molecule has 0 saturated carbocycles. The van der Waals surface area contributed by atoms with Gasteiger partial charge in [0.2, 0.25) is 0 Å². The summed E-state index contributed by atoms with van der Waals surface area (Å²) in [5.74, 6) is 0. The first-order valence-corrected chi connectivity index (χ1v) is 13.5. The maximum atomic E-state index is 7.00. The van der Waals surface area contributed by atoms with Gasteiger partial charge in [-0.05, 0) is 0 Å². The summed E-state index contributed by atoms with van der Waals surface area (Å²) < 4.78 is 0. The van der Waals surface area contributed by atoms with Crippen molar-refractivity contribution < 1.29 is 26.9 Å². The fraction of sp³-hybridized carbons (Fsp3) is 1.00. The van der Waals surface area contributed by atoms with Gasteiger partial charge < -0.3 is 15.3 Å². The minimum atomic E-state index is -0.896. The van der Waals surface area contributed by atoms with E-state index >= 15 is 0 Å². The first kappa shape index (κ1) is 22.7. The second-order valence-corrected chi connectivity index (χ2v) is 23.9. The molecule has 3 N–H and O–H groups in total. The Morgan fingerprint density at radius 1 is 0.700 bits per heavy atom. The van der Waals surface area contributed by atoms with E-state index in [1.807, 2.05) is 0 Å². The van der Waals surface area contributed by atoms with Crippen LogP contribution in [0.4, 0.5) is 0 Å². The van der Waals surface area contributed by atoms with Gasteiger partial charge in [0.1, 0.15) is 0 Å². The number of hydrogen-bond donors (Lipinski definition) is 3. The second-order valence-electron chi connectivity index (χ2n) is 0.214. The van der Waals surface area contributed by atoms with Gasteiger partial charge in [0.25, 0.3) is 0 Å². The Bertz CT molecular complexity index is 23.7. The van der Waals surface area contributed by atoms with Gasteiger partial charge in [-0.1, -0.05) is 0 Å². The summed E-state index contributed by atoms with van der Waals surface area (Å²) in [4.78, 5) is 0. The zero-order chi connectivity index (χ0) is 9.58. The molecule has 10 heavy (non-hydrogen) atoms. The summed E-state index contributed by atoms with van der Waals surface area (Å²) in [6, 6.07) is 0. The normalized spacial score (nSPS) is 4.50. The van der Waals surface area contributed by atoms with Gasteiger partial charge in [0.15, 0.2) is 0 Å². The average molecular weight is 384 g/mol. The third-order valence-corrected chi connectivity index (χ3v) is 0. The SMILES string of the molecule is CO.CO.CO.[Br][Ti]([Br])[Br]. The molecule has 3 nitrogen and oxygen atoms in total. The second kappa shape index (κ2) is 43.8. The number of aliphatic hydroxyl groups is 3. The molecular weight excluding hydrogens is 372 g/mol. The molecule has 0 spiro atoms. The topological polar surface area (TPSA) is 60.7 Å². The van der Waals surface area contributed by atoms with Crippen molar-refractivity contribution in [1.82, 2.24) is 0 Å². The zero-order valence-corrected chi connectivity index (χ0v) is 12.3. The molecule has 0 radical (unpaired) electrons. The van der Waals surface area contributed by atoms with Crippen molar-refractivity contribution in [3.8, 4) is 0 Å². The van der Waals surface area contributed by atoms with Crippen LogP contribution in [0.25, 0.3) is 0 Å². The molecule has 0 aliphatic rings. The van der Waals surface area contributed by atoms with Gasteiger partial charge in [-0.3, -0.25) is 0 Å². The minimum absolute atomic E-state index is 0.896. The predicted molar refractivity (Wildman–Crippen MR) is 51.2 cm³/mol. The molecule has 7 heteroatoms. The quantitative estimate of drug-likeness (QED) is 0.554. The van der Waals surface area contributed by atoms with Crippen molar-refractivity contribution in [3.63, 3.8) is 0 Å². The maximum absolute atomic E-state index is 7.00. The average Bonchev–Trinajstić information content (AvgIpc) is 1.98. The third kappa shape index (κ3) is 198. The molecule has 0 unspecified atom stereocenters. The van der Waals surface area contributed by atoms with Crippen molar-refractivity contribution in [3.05, 3.63) is 0 Å². The Hall–Kier alpha value is 2.03. The fourth-order valence-corrected chi connectivity index (χ4v) is 0. The monoisotopic (exact) mass is 381 g/mol. The number of aliphatic hydroxyl groups excluding tert-OH is 3. The van der Waals surface area contributed by atoms with Crippen molar-refractivity contribution in [2.45, 2.75) is 0 Å². The van der Waals surface area contributed by atoms with Crippen molar-refractivity contribution >= 4 is 39.5 Å². The van der Waals surface area contributed by atoms with Crippen LogP contribution in [0.5, 0.6) is 0 Å². The molecule has 0 aromatic carbocycles. The van der Waals surface area contributed by atoms with Gasteiger partial charge >= 0.3 is 51.1 Å². The van der Waals surface area contributed by atoms with Crippen molar-refractivity contribution in [2.75, 3.05) is 21.3 Å². The molecule has 0 saturated heterocycles. The fourth-order valence-electron chi connectivity index (χ4n) is 0. The molecule has 0 atom stereocenters. The van der Waals surface area contributed by atoms with Crippen molar-refractivity contribution in [2.24, 2.45) is 0 Å². The van der Waals surface area contributed by atoms with E-state index in [-0.39, 0.29) is 0 Å². The Balaban J connectivity index is -0.0000000262. The Morgan fingerprint density at radius 2 is 0.700 bits per heavy atom. The van der Waals surface area contributed by atoms with Crippen LogP contribution >= 0.6 is 39.5 Å². The van der Waals surface area contributed by atoms with Crippen molar-refractivity contribution in [1.29, 1.82) is 0 Å². The van der Waals surface area contributed by atoms with Crippen LogP contribution in [0.1, 0.15) is 0 Å². The van der Waals surface area contributed by atoms with Gasteiger partial charge in [0.05, 0.1) is 0 Å². The molecule has 0 fully saturated rings. The van der Waals surface area contributed by atoms with Crippen LogP contribution in [-0.4, -0.2) is 36.6 Å². The Labute approximate surface area is 86.8 Å². The molecule has 0 aromatic heterocycles. The van der Waals surface area contributed by atoms with Crippen LogP contribution in [0.2, 0.25) is 0 Å². The predicted octanol–water partition coefficient (Wildman–Crippen LogP) is 1.36. The molecular formula is C3H12Br3O3Ti. The van der Waals surface area contributed by atoms with Gasteiger partial charge in [0, 0.05) is 21.3 Å². The van der Waals surface area contributed by atoms with E-state index in [2.05, 4.69) is 39.5 Å². The van der Waals surface area contributed by atoms with E-state index in [9.17, 15) is 0 Å². The third-order valence-electron chi connectivity index (χ3n) is 0. The number of hydrogen-bond acceptors (Lipinski definition) is 3. The summed E-state index contributed by atoms with van der Waals surface area (Å²) in [6.45, 7) is 0. The zero-order valence-electron chi connectivity index (χ0n) is 5.98. The summed E-state index contributed by atoms with van der Waals surface area (Å²) in [5.41, 5.74) is 0. The Kier molecular flexibility index (Phi) is 99.5. The first-order valence-electron chi connectivity index (χ1n) is 1.91. The van der Waals surface area contributed by atoms with E-state index < -0.39 is 11.6 Å². The van der Waals surface area contributed by atoms with Crippen LogP contribution in [-0.2, 0) is 11.6 Å². The summed E-state index contributed by atoms with van der Waals surface area (Å²) in [7, 11) is 3.00. The van der Waals surface area contributed by atoms with E-state index in [4.69, 9.17) is 15.3 Å². The summed E-state index contributed by atoms with van der Waals surface area (Å²) >= 11 is 8.92. The van der Waals surface area contributed by atoms with Gasteiger partial charge in [-0.2, -0.15) is 0 Å². The van der Waals surface area contributed by atoms with Crippen LogP contribution in [0.15, 0.2) is 0 Å². The van der Waals surface area contributed by atoms with Gasteiger partial charge in [-0.25, -0.2) is 0 Å². The van der Waals surface area contributed by atoms with E-state index in [1.165, 1.54) is 0 Å². The molecule has 67 valence electrons. The summed E-state index contributed by atoms with van der Waals surface area (Å²) in [6.07, 6.45) is 0. The first-order chi connectivity index (χ1) is 4.73. The molecule has 0 heterocycles. The van der Waals surface area contributed by atoms with Crippen LogP contribution in [0, 0.1) is 0 Å². The molecule has 0 aliphatic heterocycles. The molecule has 0 aliphatic carbocycles. The van der Waals surface area contributed by atoms with E-state index in [0.29, 0.717) is 0 Å². The molecule has 0 amide bonds. The van der Waals surface area contributed by atoms with Gasteiger partial charge in [-0.15, -0.1) is 0 Å². The Morgan fingerprint density at radius 3 is 0.700 bits per heavy atom. The standard InChI is InChI=1S/3CH4O.3BrH.Ti/c3*1-2;;;;/h3*2H,1H3;3*1H;/q;;;;;;+3/p-3.